The highest BCUT2D eigenvalue weighted by molar-refractivity contribution is 6.40. The number of furan rings is 2. The fourth-order valence-electron chi connectivity index (χ4n) is 2.35. The van der Waals surface area contributed by atoms with E-state index in [2.05, 4.69) is 0 Å². The number of rotatable bonds is 2. The molecule has 3 nitrogen and oxygen atoms in total. The third-order valence-electron chi connectivity index (χ3n) is 3.10. The molecule has 3 aromatic rings. The molecule has 2 aromatic heterocycles. The summed E-state index contributed by atoms with van der Waals surface area (Å²) in [6, 6.07) is 3.89. The third kappa shape index (κ3) is 1.86. The highest BCUT2D eigenvalue weighted by Crippen LogP contribution is 2.39. The maximum absolute atomic E-state index is 6.40. The smallest absolute Gasteiger partial charge is 0.154 e. The van der Waals surface area contributed by atoms with Gasteiger partial charge in [-0.15, -0.1) is 0 Å². The minimum atomic E-state index is 0.474. The van der Waals surface area contributed by atoms with Crippen LogP contribution in [0.3, 0.4) is 0 Å². The Morgan fingerprint density at radius 3 is 2.42 bits per heavy atom. The Morgan fingerprint density at radius 1 is 1.11 bits per heavy atom. The highest BCUT2D eigenvalue weighted by atomic mass is 35.5. The summed E-state index contributed by atoms with van der Waals surface area (Å²) < 4.78 is 11.5. The summed E-state index contributed by atoms with van der Waals surface area (Å²) in [6.45, 7) is 4.28. The quantitative estimate of drug-likeness (QED) is 0.753. The highest BCUT2D eigenvalue weighted by Gasteiger charge is 2.18. The van der Waals surface area contributed by atoms with Crippen LogP contribution in [0.25, 0.3) is 28.0 Å². The van der Waals surface area contributed by atoms with Gasteiger partial charge in [-0.3, -0.25) is 0 Å². The molecule has 0 saturated carbocycles. The molecule has 0 amide bonds. The van der Waals surface area contributed by atoms with Gasteiger partial charge in [0.15, 0.2) is 5.58 Å². The van der Waals surface area contributed by atoms with Crippen LogP contribution >= 0.6 is 11.6 Å². The second-order valence-electron chi connectivity index (χ2n) is 4.57. The van der Waals surface area contributed by atoms with Crippen molar-refractivity contribution in [2.75, 3.05) is 6.54 Å². The van der Waals surface area contributed by atoms with Crippen molar-refractivity contribution in [3.63, 3.8) is 0 Å². The van der Waals surface area contributed by atoms with Crippen LogP contribution in [0, 0.1) is 13.8 Å². The summed E-state index contributed by atoms with van der Waals surface area (Å²) in [7, 11) is 0. The van der Waals surface area contributed by atoms with E-state index in [1.54, 1.807) is 0 Å². The van der Waals surface area contributed by atoms with E-state index in [1.807, 2.05) is 38.1 Å². The number of halogens is 1. The first-order valence-electron chi connectivity index (χ1n) is 6.10. The zero-order valence-electron chi connectivity index (χ0n) is 10.8. The first-order chi connectivity index (χ1) is 9.11. The van der Waals surface area contributed by atoms with Crippen molar-refractivity contribution in [3.8, 4) is 0 Å². The van der Waals surface area contributed by atoms with E-state index in [9.17, 15) is 0 Å². The fourth-order valence-corrected chi connectivity index (χ4v) is 2.63. The van der Waals surface area contributed by atoms with Gasteiger partial charge in [0.1, 0.15) is 17.1 Å². The first-order valence-corrected chi connectivity index (χ1v) is 6.48. The predicted molar refractivity (Wildman–Crippen MR) is 78.6 cm³/mol. The summed E-state index contributed by atoms with van der Waals surface area (Å²) in [5.74, 6) is 1.65. The maximum atomic E-state index is 6.40. The van der Waals surface area contributed by atoms with Crippen LogP contribution < -0.4 is 5.73 Å². The average molecular weight is 276 g/mol. The van der Waals surface area contributed by atoms with Crippen molar-refractivity contribution in [1.29, 1.82) is 0 Å². The molecule has 0 aliphatic rings. The van der Waals surface area contributed by atoms with Crippen LogP contribution in [-0.2, 0) is 0 Å². The largest absolute Gasteiger partial charge is 0.461 e. The van der Waals surface area contributed by atoms with Crippen LogP contribution in [0.15, 0.2) is 27.0 Å². The molecule has 4 heteroatoms. The second kappa shape index (κ2) is 4.44. The molecular weight excluding hydrogens is 262 g/mol. The summed E-state index contributed by atoms with van der Waals surface area (Å²) in [5.41, 5.74) is 7.98. The van der Waals surface area contributed by atoms with Crippen molar-refractivity contribution in [3.05, 3.63) is 40.3 Å². The summed E-state index contributed by atoms with van der Waals surface area (Å²) >= 11 is 6.40. The molecular formula is C15H14ClNO2. The molecule has 0 unspecified atom stereocenters. The molecule has 0 spiro atoms. The van der Waals surface area contributed by atoms with Crippen molar-refractivity contribution >= 4 is 39.6 Å². The molecule has 3 rings (SSSR count). The second-order valence-corrected chi connectivity index (χ2v) is 4.94. The molecule has 0 radical (unpaired) electrons. The first kappa shape index (κ1) is 12.3. The molecule has 98 valence electrons. The van der Waals surface area contributed by atoms with Gasteiger partial charge in [-0.05, 0) is 26.0 Å². The van der Waals surface area contributed by atoms with Gasteiger partial charge in [-0.1, -0.05) is 23.8 Å². The van der Waals surface area contributed by atoms with E-state index in [0.29, 0.717) is 17.2 Å². The van der Waals surface area contributed by atoms with Crippen LogP contribution in [0.2, 0.25) is 5.02 Å². The fraction of sp³-hybridized carbons (Fsp3) is 0.200. The van der Waals surface area contributed by atoms with Crippen LogP contribution in [0.4, 0.5) is 0 Å². The van der Waals surface area contributed by atoms with Gasteiger partial charge < -0.3 is 14.6 Å². The van der Waals surface area contributed by atoms with Gasteiger partial charge in [0, 0.05) is 22.9 Å². The number of hydrogen-bond acceptors (Lipinski definition) is 3. The lowest BCUT2D eigenvalue weighted by atomic mass is 10.1. The SMILES string of the molecule is Cc1cc2c(/C=C/CN)c3oc(C)cc3c(Cl)c2o1. The molecule has 0 saturated heterocycles. The van der Waals surface area contributed by atoms with Gasteiger partial charge in [0.25, 0.3) is 0 Å². The molecule has 19 heavy (non-hydrogen) atoms. The van der Waals surface area contributed by atoms with Gasteiger partial charge in [0.2, 0.25) is 0 Å². The summed E-state index contributed by atoms with van der Waals surface area (Å²) in [4.78, 5) is 0. The number of benzene rings is 1. The van der Waals surface area contributed by atoms with Crippen LogP contribution in [-0.4, -0.2) is 6.54 Å². The van der Waals surface area contributed by atoms with E-state index >= 15 is 0 Å². The van der Waals surface area contributed by atoms with Crippen molar-refractivity contribution in [2.45, 2.75) is 13.8 Å². The molecule has 1 aromatic carbocycles. The van der Waals surface area contributed by atoms with Gasteiger partial charge in [-0.25, -0.2) is 0 Å². The normalized spacial score (nSPS) is 12.2. The average Bonchev–Trinajstić information content (AvgIpc) is 2.93. The van der Waals surface area contributed by atoms with E-state index in [0.717, 1.165) is 33.4 Å². The van der Waals surface area contributed by atoms with Gasteiger partial charge >= 0.3 is 0 Å². The van der Waals surface area contributed by atoms with Gasteiger partial charge in [0.05, 0.1) is 5.02 Å². The molecule has 0 atom stereocenters. The number of nitrogens with two attached hydrogens (primary N) is 1. The number of hydrogen-bond donors (Lipinski definition) is 1. The third-order valence-corrected chi connectivity index (χ3v) is 3.48. The zero-order valence-corrected chi connectivity index (χ0v) is 11.5. The predicted octanol–water partition coefficient (Wildman–Crippen LogP) is 4.42. The van der Waals surface area contributed by atoms with Gasteiger partial charge in [-0.2, -0.15) is 0 Å². The minimum absolute atomic E-state index is 0.474. The maximum Gasteiger partial charge on any atom is 0.154 e. The van der Waals surface area contributed by atoms with Crippen LogP contribution in [0.1, 0.15) is 17.1 Å². The van der Waals surface area contributed by atoms with Crippen molar-refractivity contribution in [2.24, 2.45) is 5.73 Å². The topological polar surface area (TPSA) is 52.3 Å². The Balaban J connectivity index is 2.50. The molecule has 0 aliphatic carbocycles. The van der Waals surface area contributed by atoms with Crippen LogP contribution in [0.5, 0.6) is 0 Å². The Kier molecular flexibility index (Phi) is 2.88. The van der Waals surface area contributed by atoms with E-state index < -0.39 is 0 Å². The van der Waals surface area contributed by atoms with E-state index in [1.165, 1.54) is 0 Å². The molecule has 2 heterocycles. The zero-order chi connectivity index (χ0) is 13.6. The summed E-state index contributed by atoms with van der Waals surface area (Å²) in [5, 5.41) is 2.42. The summed E-state index contributed by atoms with van der Waals surface area (Å²) in [6.07, 6.45) is 3.85. The molecule has 0 fully saturated rings. The monoisotopic (exact) mass is 275 g/mol. The Bertz CT molecular complexity index is 738. The Hall–Kier alpha value is -1.71. The Labute approximate surface area is 115 Å². The van der Waals surface area contributed by atoms with E-state index in [4.69, 9.17) is 26.2 Å². The van der Waals surface area contributed by atoms with Crippen molar-refractivity contribution < 1.29 is 8.83 Å². The van der Waals surface area contributed by atoms with Crippen molar-refractivity contribution in [1.82, 2.24) is 0 Å². The minimum Gasteiger partial charge on any atom is -0.461 e. The molecule has 0 aliphatic heterocycles. The lowest BCUT2D eigenvalue weighted by Crippen LogP contribution is -1.92. The lowest BCUT2D eigenvalue weighted by molar-refractivity contribution is 0.575. The Morgan fingerprint density at radius 2 is 1.74 bits per heavy atom. The standard InChI is InChI=1S/C15H14ClNO2/c1-8-6-11-10(4-3-5-17)14-12(7-9(2)18-14)13(16)15(11)19-8/h3-4,6-7H,5,17H2,1-2H3/b4-3+. The molecule has 0 bridgehead atoms. The number of fused-ring (bicyclic) bond motifs is 2. The van der Waals surface area contributed by atoms with E-state index in [-0.39, 0.29) is 0 Å². The lowest BCUT2D eigenvalue weighted by Gasteiger charge is -2.01. The number of aryl methyl sites for hydroxylation is 2. The molecule has 2 N–H and O–H groups in total.